The Morgan fingerprint density at radius 2 is 1.64 bits per heavy atom. The van der Waals surface area contributed by atoms with Gasteiger partial charge < -0.3 is 5.32 Å². The Morgan fingerprint density at radius 3 is 2.36 bits per heavy atom. The van der Waals surface area contributed by atoms with Crippen LogP contribution in [0.4, 0.5) is 5.69 Å². The molecule has 0 aliphatic heterocycles. The van der Waals surface area contributed by atoms with Crippen LogP contribution in [0.15, 0.2) is 47.6 Å². The first-order chi connectivity index (χ1) is 11.9. The van der Waals surface area contributed by atoms with Crippen molar-refractivity contribution in [2.45, 2.75) is 19.8 Å². The van der Waals surface area contributed by atoms with Gasteiger partial charge in [-0.15, -0.1) is 0 Å². The summed E-state index contributed by atoms with van der Waals surface area (Å²) < 4.78 is 0. The number of amides is 2. The molecular formula is C18H17Cl2N3O2. The second-order valence-electron chi connectivity index (χ2n) is 5.35. The minimum absolute atomic E-state index is 0.0312. The zero-order valence-corrected chi connectivity index (χ0v) is 15.1. The molecule has 2 rings (SSSR count). The zero-order chi connectivity index (χ0) is 18.2. The van der Waals surface area contributed by atoms with E-state index in [9.17, 15) is 9.59 Å². The number of hydrogen-bond donors (Lipinski definition) is 2. The number of nitrogens with one attached hydrogen (secondary N) is 2. The maximum absolute atomic E-state index is 11.9. The minimum atomic E-state index is -0.344. The van der Waals surface area contributed by atoms with Gasteiger partial charge in [0.25, 0.3) is 0 Å². The molecule has 2 N–H and O–H groups in total. The van der Waals surface area contributed by atoms with Gasteiger partial charge in [-0.25, -0.2) is 5.43 Å². The molecule has 0 aliphatic rings. The van der Waals surface area contributed by atoms with Crippen molar-refractivity contribution < 1.29 is 9.59 Å². The maximum Gasteiger partial charge on any atom is 0.240 e. The zero-order valence-electron chi connectivity index (χ0n) is 13.6. The molecule has 130 valence electrons. The van der Waals surface area contributed by atoms with E-state index < -0.39 is 0 Å². The van der Waals surface area contributed by atoms with Crippen LogP contribution in [0.25, 0.3) is 0 Å². The third-order valence-corrected chi connectivity index (χ3v) is 3.81. The Labute approximate surface area is 156 Å². The van der Waals surface area contributed by atoms with E-state index in [-0.39, 0.29) is 24.7 Å². The molecule has 0 heterocycles. The smallest absolute Gasteiger partial charge is 0.240 e. The van der Waals surface area contributed by atoms with Crippen molar-refractivity contribution in [3.63, 3.8) is 0 Å². The van der Waals surface area contributed by atoms with Crippen LogP contribution in [-0.4, -0.2) is 18.0 Å². The summed E-state index contributed by atoms with van der Waals surface area (Å²) in [6, 6.07) is 12.2. The van der Waals surface area contributed by atoms with Gasteiger partial charge in [0, 0.05) is 28.6 Å². The molecule has 0 saturated carbocycles. The van der Waals surface area contributed by atoms with Crippen molar-refractivity contribution in [3.05, 3.63) is 63.6 Å². The Balaban J connectivity index is 1.76. The Morgan fingerprint density at radius 1 is 1.00 bits per heavy atom. The number of carbonyl (C=O) groups is 2. The van der Waals surface area contributed by atoms with Crippen LogP contribution in [0.3, 0.4) is 0 Å². The first-order valence-electron chi connectivity index (χ1n) is 7.57. The Hall–Kier alpha value is -2.37. The van der Waals surface area contributed by atoms with Gasteiger partial charge in [-0.3, -0.25) is 9.59 Å². The van der Waals surface area contributed by atoms with Crippen molar-refractivity contribution in [1.29, 1.82) is 0 Å². The lowest BCUT2D eigenvalue weighted by atomic mass is 10.2. The summed E-state index contributed by atoms with van der Waals surface area (Å²) in [6.07, 6.45) is 1.58. The topological polar surface area (TPSA) is 70.6 Å². The number of benzene rings is 2. The van der Waals surface area contributed by atoms with E-state index in [2.05, 4.69) is 15.8 Å². The highest BCUT2D eigenvalue weighted by Crippen LogP contribution is 2.20. The van der Waals surface area contributed by atoms with Gasteiger partial charge in [-0.1, -0.05) is 41.4 Å². The largest absolute Gasteiger partial charge is 0.326 e. The second kappa shape index (κ2) is 9.20. The Bertz CT molecular complexity index is 789. The van der Waals surface area contributed by atoms with Crippen LogP contribution in [0.5, 0.6) is 0 Å². The van der Waals surface area contributed by atoms with Crippen molar-refractivity contribution >= 4 is 46.9 Å². The molecule has 2 amide bonds. The van der Waals surface area contributed by atoms with Crippen LogP contribution in [0.1, 0.15) is 24.0 Å². The number of carbonyl (C=O) groups excluding carboxylic acids is 2. The van der Waals surface area contributed by atoms with Crippen LogP contribution in [-0.2, 0) is 9.59 Å². The van der Waals surface area contributed by atoms with Gasteiger partial charge in [0.15, 0.2) is 0 Å². The molecule has 2 aromatic rings. The molecule has 0 fully saturated rings. The molecule has 0 bridgehead atoms. The fourth-order valence-corrected chi connectivity index (χ4v) is 2.25. The van der Waals surface area contributed by atoms with E-state index in [1.807, 2.05) is 13.0 Å². The van der Waals surface area contributed by atoms with E-state index in [0.717, 1.165) is 11.1 Å². The predicted molar refractivity (Wildman–Crippen MR) is 101 cm³/mol. The molecule has 0 atom stereocenters. The molecule has 0 spiro atoms. The maximum atomic E-state index is 11.9. The summed E-state index contributed by atoms with van der Waals surface area (Å²) in [5, 5.41) is 7.75. The highest BCUT2D eigenvalue weighted by atomic mass is 35.5. The quantitative estimate of drug-likeness (QED) is 0.585. The molecule has 25 heavy (non-hydrogen) atoms. The van der Waals surface area contributed by atoms with Gasteiger partial charge in [-0.2, -0.15) is 5.10 Å². The number of anilines is 1. The molecule has 5 nitrogen and oxygen atoms in total. The fraction of sp³-hybridized carbons (Fsp3) is 0.167. The average Bonchev–Trinajstić information content (AvgIpc) is 2.58. The van der Waals surface area contributed by atoms with Gasteiger partial charge in [-0.05, 0) is 42.3 Å². The summed E-state index contributed by atoms with van der Waals surface area (Å²) in [5.74, 6) is -0.606. The number of aryl methyl sites for hydroxylation is 1. The van der Waals surface area contributed by atoms with Gasteiger partial charge in [0.2, 0.25) is 11.8 Å². The van der Waals surface area contributed by atoms with Gasteiger partial charge in [0.1, 0.15) is 0 Å². The third-order valence-electron chi connectivity index (χ3n) is 3.33. The lowest BCUT2D eigenvalue weighted by Crippen LogP contribution is -2.20. The monoisotopic (exact) mass is 377 g/mol. The highest BCUT2D eigenvalue weighted by Gasteiger charge is 2.08. The summed E-state index contributed by atoms with van der Waals surface area (Å²) in [7, 11) is 0. The minimum Gasteiger partial charge on any atom is -0.326 e. The normalized spacial score (nSPS) is 10.7. The number of hydrogen-bond acceptors (Lipinski definition) is 3. The molecular weight excluding hydrogens is 361 g/mol. The van der Waals surface area contributed by atoms with E-state index in [0.29, 0.717) is 15.7 Å². The SMILES string of the molecule is Cc1ccc(Cl)cc1NC(=O)CCC(=O)N/N=C/c1ccc(Cl)cc1. The number of halogens is 2. The molecule has 0 aliphatic carbocycles. The van der Waals surface area contributed by atoms with Crippen LogP contribution in [0.2, 0.25) is 10.0 Å². The standard InChI is InChI=1S/C18H17Cl2N3O2/c1-12-2-5-15(20)10-16(12)22-17(24)8-9-18(25)23-21-11-13-3-6-14(19)7-4-13/h2-7,10-11H,8-9H2,1H3,(H,22,24)(H,23,25)/b21-11+. The molecule has 7 heteroatoms. The lowest BCUT2D eigenvalue weighted by Gasteiger charge is -2.08. The van der Waals surface area contributed by atoms with Crippen LogP contribution >= 0.6 is 23.2 Å². The Kier molecular flexibility index (Phi) is 6.98. The van der Waals surface area contributed by atoms with E-state index >= 15 is 0 Å². The summed E-state index contributed by atoms with van der Waals surface area (Å²) in [5.41, 5.74) is 4.72. The first-order valence-corrected chi connectivity index (χ1v) is 8.33. The second-order valence-corrected chi connectivity index (χ2v) is 6.23. The van der Waals surface area contributed by atoms with Crippen molar-refractivity contribution in [2.24, 2.45) is 5.10 Å². The molecule has 0 radical (unpaired) electrons. The van der Waals surface area contributed by atoms with Gasteiger partial charge >= 0.3 is 0 Å². The summed E-state index contributed by atoms with van der Waals surface area (Å²) in [6.45, 7) is 1.87. The number of hydrazone groups is 1. The number of nitrogens with zero attached hydrogens (tertiary/aromatic N) is 1. The third kappa shape index (κ3) is 6.57. The first kappa shape index (κ1) is 19.0. The van der Waals surface area contributed by atoms with E-state index in [1.165, 1.54) is 6.21 Å². The lowest BCUT2D eigenvalue weighted by molar-refractivity contribution is -0.124. The average molecular weight is 378 g/mol. The van der Waals surface area contributed by atoms with Crippen molar-refractivity contribution in [3.8, 4) is 0 Å². The van der Waals surface area contributed by atoms with E-state index in [1.54, 1.807) is 36.4 Å². The van der Waals surface area contributed by atoms with Crippen LogP contribution in [0, 0.1) is 6.92 Å². The summed E-state index contributed by atoms with van der Waals surface area (Å²) in [4.78, 5) is 23.6. The van der Waals surface area contributed by atoms with E-state index in [4.69, 9.17) is 23.2 Å². The molecule has 0 aromatic heterocycles. The molecule has 0 saturated heterocycles. The fourth-order valence-electron chi connectivity index (χ4n) is 1.95. The molecule has 2 aromatic carbocycles. The highest BCUT2D eigenvalue weighted by molar-refractivity contribution is 6.31. The predicted octanol–water partition coefficient (Wildman–Crippen LogP) is 4.17. The molecule has 0 unspecified atom stereocenters. The van der Waals surface area contributed by atoms with Crippen molar-refractivity contribution in [1.82, 2.24) is 5.43 Å². The summed E-state index contributed by atoms with van der Waals surface area (Å²) >= 11 is 11.7. The van der Waals surface area contributed by atoms with Crippen molar-refractivity contribution in [2.75, 3.05) is 5.32 Å². The number of rotatable bonds is 6. The van der Waals surface area contributed by atoms with Gasteiger partial charge in [0.05, 0.1) is 6.21 Å². The van der Waals surface area contributed by atoms with Crippen LogP contribution < -0.4 is 10.7 Å².